The lowest BCUT2D eigenvalue weighted by molar-refractivity contribution is 0.166. The lowest BCUT2D eigenvalue weighted by Gasteiger charge is -2.10. The van der Waals surface area contributed by atoms with Gasteiger partial charge in [0.1, 0.15) is 24.1 Å². The normalized spacial score (nSPS) is 12.7. The predicted octanol–water partition coefficient (Wildman–Crippen LogP) is 2.12. The zero-order valence-electron chi connectivity index (χ0n) is 8.49. The van der Waals surface area contributed by atoms with Gasteiger partial charge in [-0.25, -0.2) is 13.8 Å². The van der Waals surface area contributed by atoms with E-state index in [1.54, 1.807) is 0 Å². The lowest BCUT2D eigenvalue weighted by Crippen LogP contribution is -2.07. The summed E-state index contributed by atoms with van der Waals surface area (Å²) in [4.78, 5) is 3.72. The summed E-state index contributed by atoms with van der Waals surface area (Å²) in [6.07, 6.45) is -0.130. The first-order valence-corrected chi connectivity index (χ1v) is 5.54. The molecular formula is C10H8BrF2N3O. The van der Waals surface area contributed by atoms with E-state index in [-0.39, 0.29) is 22.3 Å². The van der Waals surface area contributed by atoms with E-state index in [2.05, 4.69) is 31.1 Å². The van der Waals surface area contributed by atoms with Crippen molar-refractivity contribution in [1.29, 1.82) is 0 Å². The fraction of sp³-hybridized carbons (Fsp3) is 0.200. The molecule has 90 valence electrons. The van der Waals surface area contributed by atoms with Crippen molar-refractivity contribution in [3.05, 3.63) is 46.0 Å². The molecule has 2 aromatic rings. The van der Waals surface area contributed by atoms with Crippen LogP contribution in [0.5, 0.6) is 0 Å². The van der Waals surface area contributed by atoms with Crippen molar-refractivity contribution in [2.45, 2.75) is 12.5 Å². The molecule has 1 unspecified atom stereocenters. The Hall–Kier alpha value is -1.34. The average Bonchev–Trinajstić information content (AvgIpc) is 2.83. The number of H-pyrrole nitrogens is 1. The number of nitrogens with zero attached hydrogens (tertiary/aromatic N) is 2. The SMILES string of the molecule is OC(Cc1c(F)ccc(Br)c1F)c1ncn[nH]1. The largest absolute Gasteiger partial charge is 0.385 e. The van der Waals surface area contributed by atoms with Crippen LogP contribution in [0, 0.1) is 11.6 Å². The van der Waals surface area contributed by atoms with Crippen molar-refractivity contribution in [2.24, 2.45) is 0 Å². The number of nitrogens with one attached hydrogen (secondary N) is 1. The summed E-state index contributed by atoms with van der Waals surface area (Å²) in [5.41, 5.74) is -0.191. The third-order valence-corrected chi connectivity index (χ3v) is 2.90. The van der Waals surface area contributed by atoms with Gasteiger partial charge in [0.15, 0.2) is 5.82 Å². The number of aromatic nitrogens is 3. The molecule has 0 radical (unpaired) electrons. The van der Waals surface area contributed by atoms with Crippen LogP contribution in [0.15, 0.2) is 22.9 Å². The minimum atomic E-state index is -1.13. The molecule has 1 atom stereocenters. The van der Waals surface area contributed by atoms with E-state index in [4.69, 9.17) is 0 Å². The molecular weight excluding hydrogens is 296 g/mol. The van der Waals surface area contributed by atoms with E-state index in [1.807, 2.05) is 0 Å². The van der Waals surface area contributed by atoms with Gasteiger partial charge in [0, 0.05) is 12.0 Å². The van der Waals surface area contributed by atoms with Crippen molar-refractivity contribution in [3.8, 4) is 0 Å². The number of halogens is 3. The Morgan fingerprint density at radius 2 is 2.18 bits per heavy atom. The van der Waals surface area contributed by atoms with Crippen LogP contribution in [-0.4, -0.2) is 20.3 Å². The molecule has 1 aromatic heterocycles. The molecule has 0 amide bonds. The Labute approximate surface area is 104 Å². The maximum Gasteiger partial charge on any atom is 0.153 e. The van der Waals surface area contributed by atoms with Crippen LogP contribution in [0.1, 0.15) is 17.5 Å². The zero-order valence-corrected chi connectivity index (χ0v) is 10.1. The standard InChI is InChI=1S/C10H8BrF2N3O/c11-6-1-2-7(12)5(9(6)13)3-8(17)10-14-4-15-16-10/h1-2,4,8,17H,3H2,(H,14,15,16). The van der Waals surface area contributed by atoms with E-state index < -0.39 is 17.7 Å². The quantitative estimate of drug-likeness (QED) is 0.854. The molecule has 0 aliphatic rings. The lowest BCUT2D eigenvalue weighted by atomic mass is 10.1. The van der Waals surface area contributed by atoms with Gasteiger partial charge in [0.25, 0.3) is 0 Å². The molecule has 0 saturated carbocycles. The molecule has 0 aliphatic carbocycles. The summed E-state index contributed by atoms with van der Waals surface area (Å²) in [6.45, 7) is 0. The highest BCUT2D eigenvalue weighted by Crippen LogP contribution is 2.25. The van der Waals surface area contributed by atoms with Gasteiger partial charge >= 0.3 is 0 Å². The van der Waals surface area contributed by atoms with Crippen LogP contribution >= 0.6 is 15.9 Å². The summed E-state index contributed by atoms with van der Waals surface area (Å²) >= 11 is 2.96. The fourth-order valence-electron chi connectivity index (χ4n) is 1.42. The summed E-state index contributed by atoms with van der Waals surface area (Å²) in [6, 6.07) is 2.41. The summed E-state index contributed by atoms with van der Waals surface area (Å²) < 4.78 is 27.2. The number of benzene rings is 1. The fourth-order valence-corrected chi connectivity index (χ4v) is 1.79. The molecule has 0 aliphatic heterocycles. The van der Waals surface area contributed by atoms with Crippen LogP contribution in [0.25, 0.3) is 0 Å². The summed E-state index contributed by atoms with van der Waals surface area (Å²) in [5, 5.41) is 15.7. The molecule has 2 rings (SSSR count). The highest BCUT2D eigenvalue weighted by molar-refractivity contribution is 9.10. The Balaban J connectivity index is 2.27. The Bertz CT molecular complexity index is 519. The molecule has 0 bridgehead atoms. The van der Waals surface area contributed by atoms with Crippen molar-refractivity contribution in [1.82, 2.24) is 15.2 Å². The molecule has 1 heterocycles. The van der Waals surface area contributed by atoms with Crippen LogP contribution < -0.4 is 0 Å². The minimum absolute atomic E-state index is 0.152. The highest BCUT2D eigenvalue weighted by Gasteiger charge is 2.18. The van der Waals surface area contributed by atoms with E-state index in [0.717, 1.165) is 6.07 Å². The molecule has 2 N–H and O–H groups in total. The third-order valence-electron chi connectivity index (χ3n) is 2.29. The highest BCUT2D eigenvalue weighted by atomic mass is 79.9. The second-order valence-electron chi connectivity index (χ2n) is 3.41. The van der Waals surface area contributed by atoms with Gasteiger partial charge < -0.3 is 5.11 Å². The van der Waals surface area contributed by atoms with Crippen LogP contribution in [0.2, 0.25) is 0 Å². The number of hydrogen-bond donors (Lipinski definition) is 2. The van der Waals surface area contributed by atoms with Crippen LogP contribution in [0.4, 0.5) is 8.78 Å². The van der Waals surface area contributed by atoms with Crippen molar-refractivity contribution < 1.29 is 13.9 Å². The summed E-state index contributed by atoms with van der Waals surface area (Å²) in [5.74, 6) is -1.25. The molecule has 0 saturated heterocycles. The van der Waals surface area contributed by atoms with Crippen molar-refractivity contribution in [2.75, 3.05) is 0 Å². The minimum Gasteiger partial charge on any atom is -0.385 e. The zero-order chi connectivity index (χ0) is 12.4. The predicted molar refractivity (Wildman–Crippen MR) is 59.1 cm³/mol. The van der Waals surface area contributed by atoms with Gasteiger partial charge in [0.05, 0.1) is 4.47 Å². The van der Waals surface area contributed by atoms with Crippen molar-refractivity contribution in [3.63, 3.8) is 0 Å². The number of aliphatic hydroxyl groups excluding tert-OH is 1. The van der Waals surface area contributed by atoms with Crippen LogP contribution in [0.3, 0.4) is 0 Å². The maximum atomic E-state index is 13.6. The second-order valence-corrected chi connectivity index (χ2v) is 4.27. The van der Waals surface area contributed by atoms with E-state index >= 15 is 0 Å². The smallest absolute Gasteiger partial charge is 0.153 e. The Kier molecular flexibility index (Phi) is 3.49. The third kappa shape index (κ3) is 2.50. The topological polar surface area (TPSA) is 61.8 Å². The Morgan fingerprint density at radius 1 is 1.41 bits per heavy atom. The van der Waals surface area contributed by atoms with Gasteiger partial charge in [-0.1, -0.05) is 0 Å². The van der Waals surface area contributed by atoms with E-state index in [0.29, 0.717) is 0 Å². The molecule has 17 heavy (non-hydrogen) atoms. The molecule has 4 nitrogen and oxygen atoms in total. The number of aliphatic hydroxyl groups is 1. The van der Waals surface area contributed by atoms with E-state index in [9.17, 15) is 13.9 Å². The monoisotopic (exact) mass is 303 g/mol. The van der Waals surface area contributed by atoms with Crippen LogP contribution in [-0.2, 0) is 6.42 Å². The number of rotatable bonds is 3. The molecule has 0 fully saturated rings. The second kappa shape index (κ2) is 4.89. The van der Waals surface area contributed by atoms with Gasteiger partial charge in [-0.15, -0.1) is 0 Å². The van der Waals surface area contributed by atoms with Gasteiger partial charge in [-0.2, -0.15) is 5.10 Å². The van der Waals surface area contributed by atoms with Crippen molar-refractivity contribution >= 4 is 15.9 Å². The molecule has 7 heteroatoms. The first kappa shape index (κ1) is 12.1. The number of aromatic amines is 1. The average molecular weight is 304 g/mol. The van der Waals surface area contributed by atoms with Gasteiger partial charge in [0.2, 0.25) is 0 Å². The first-order chi connectivity index (χ1) is 8.09. The first-order valence-electron chi connectivity index (χ1n) is 4.75. The maximum absolute atomic E-state index is 13.6. The number of hydrogen-bond acceptors (Lipinski definition) is 3. The van der Waals surface area contributed by atoms with Gasteiger partial charge in [-0.3, -0.25) is 5.10 Å². The van der Waals surface area contributed by atoms with E-state index in [1.165, 1.54) is 12.4 Å². The van der Waals surface area contributed by atoms with Gasteiger partial charge in [-0.05, 0) is 28.1 Å². The molecule has 0 spiro atoms. The Morgan fingerprint density at radius 3 is 2.82 bits per heavy atom. The molecule has 1 aromatic carbocycles. The summed E-state index contributed by atoms with van der Waals surface area (Å²) in [7, 11) is 0.